The highest BCUT2D eigenvalue weighted by Crippen LogP contribution is 2.38. The number of rotatable bonds is 8. The predicted molar refractivity (Wildman–Crippen MR) is 104 cm³/mol. The van der Waals surface area contributed by atoms with E-state index in [0.717, 1.165) is 42.5 Å². The van der Waals surface area contributed by atoms with Crippen molar-refractivity contribution in [2.45, 2.75) is 44.6 Å². The Labute approximate surface area is 167 Å². The third-order valence-electron chi connectivity index (χ3n) is 4.78. The molecule has 0 unspecified atom stereocenters. The van der Waals surface area contributed by atoms with E-state index in [1.165, 1.54) is 11.3 Å². The number of methoxy groups -OCH3 is 1. The number of fused-ring (bicyclic) bond motifs is 1. The first-order valence-electron chi connectivity index (χ1n) is 9.60. The molecule has 1 aliphatic heterocycles. The number of ether oxygens (including phenoxy) is 3. The number of nitrogens with one attached hydrogen (secondary N) is 2. The number of carbonyl (C=O) groups excluding carboxylic acids is 3. The van der Waals surface area contributed by atoms with E-state index in [1.54, 1.807) is 7.11 Å². The van der Waals surface area contributed by atoms with E-state index in [2.05, 4.69) is 10.6 Å². The Kier molecular flexibility index (Phi) is 7.41. The molecule has 2 aliphatic rings. The van der Waals surface area contributed by atoms with E-state index < -0.39 is 24.6 Å². The fourth-order valence-corrected chi connectivity index (χ4v) is 4.71. The zero-order valence-corrected chi connectivity index (χ0v) is 16.8. The Morgan fingerprint density at radius 2 is 2.04 bits per heavy atom. The van der Waals surface area contributed by atoms with E-state index >= 15 is 0 Å². The lowest BCUT2D eigenvalue weighted by Gasteiger charge is -2.13. The van der Waals surface area contributed by atoms with Crippen LogP contribution in [0.5, 0.6) is 0 Å². The molecule has 9 heteroatoms. The normalized spacial score (nSPS) is 18.4. The first kappa shape index (κ1) is 20.8. The van der Waals surface area contributed by atoms with Crippen LogP contribution in [-0.2, 0) is 36.6 Å². The maximum Gasteiger partial charge on any atom is 0.335 e. The van der Waals surface area contributed by atoms with Crippen molar-refractivity contribution in [2.75, 3.05) is 38.8 Å². The number of thiophene rings is 1. The molecule has 3 rings (SSSR count). The van der Waals surface area contributed by atoms with Gasteiger partial charge in [0.15, 0.2) is 12.7 Å². The van der Waals surface area contributed by atoms with Gasteiger partial charge in [-0.2, -0.15) is 0 Å². The van der Waals surface area contributed by atoms with Gasteiger partial charge in [-0.05, 0) is 44.1 Å². The molecular formula is C19H26N2O6S. The van der Waals surface area contributed by atoms with Gasteiger partial charge in [0.1, 0.15) is 5.00 Å². The third kappa shape index (κ3) is 5.09. The fraction of sp³-hybridized carbons (Fsp3) is 0.632. The molecule has 1 aromatic rings. The van der Waals surface area contributed by atoms with Crippen LogP contribution in [0.2, 0.25) is 0 Å². The summed E-state index contributed by atoms with van der Waals surface area (Å²) in [6.45, 7) is 0.950. The van der Waals surface area contributed by atoms with Gasteiger partial charge in [-0.15, -0.1) is 11.3 Å². The molecule has 1 saturated heterocycles. The van der Waals surface area contributed by atoms with Gasteiger partial charge in [0, 0.05) is 25.1 Å². The highest BCUT2D eigenvalue weighted by atomic mass is 32.1. The van der Waals surface area contributed by atoms with Crippen LogP contribution in [0, 0.1) is 0 Å². The molecular weight excluding hydrogens is 384 g/mol. The van der Waals surface area contributed by atoms with Crippen molar-refractivity contribution in [1.29, 1.82) is 0 Å². The SMILES string of the molecule is COCCNC(=O)c1c(NC(=O)COC(=O)[C@@H]2CCCO2)sc2c1CCCC2. The standard InChI is InChI=1S/C19H26N2O6S/c1-25-10-8-20-17(23)16-12-5-2-3-7-14(12)28-18(16)21-15(22)11-27-19(24)13-6-4-9-26-13/h13H,2-11H2,1H3,(H,20,23)(H,21,22)/t13-/m0/s1. The Bertz CT molecular complexity index is 726. The fourth-order valence-electron chi connectivity index (χ4n) is 3.41. The first-order chi connectivity index (χ1) is 13.6. The van der Waals surface area contributed by atoms with Crippen molar-refractivity contribution >= 4 is 34.1 Å². The van der Waals surface area contributed by atoms with Gasteiger partial charge in [0.25, 0.3) is 11.8 Å². The lowest BCUT2D eigenvalue weighted by Crippen LogP contribution is -2.30. The Morgan fingerprint density at radius 1 is 1.21 bits per heavy atom. The molecule has 1 aromatic heterocycles. The summed E-state index contributed by atoms with van der Waals surface area (Å²) >= 11 is 1.43. The molecule has 154 valence electrons. The number of amides is 2. The maximum atomic E-state index is 12.7. The summed E-state index contributed by atoms with van der Waals surface area (Å²) in [6.07, 6.45) is 4.67. The minimum atomic E-state index is -0.580. The molecule has 0 bridgehead atoms. The molecule has 1 aliphatic carbocycles. The van der Waals surface area contributed by atoms with Crippen molar-refractivity contribution in [3.05, 3.63) is 16.0 Å². The van der Waals surface area contributed by atoms with Crippen LogP contribution in [0.3, 0.4) is 0 Å². The summed E-state index contributed by atoms with van der Waals surface area (Å²) in [5.41, 5.74) is 1.53. The van der Waals surface area contributed by atoms with Crippen LogP contribution in [0.1, 0.15) is 46.5 Å². The average molecular weight is 410 g/mol. The quantitative estimate of drug-likeness (QED) is 0.499. The molecule has 0 aromatic carbocycles. The van der Waals surface area contributed by atoms with Crippen LogP contribution < -0.4 is 10.6 Å². The van der Waals surface area contributed by atoms with Gasteiger partial charge in [-0.3, -0.25) is 9.59 Å². The second kappa shape index (κ2) is 9.99. The molecule has 1 fully saturated rings. The number of hydrogen-bond donors (Lipinski definition) is 2. The topological polar surface area (TPSA) is 103 Å². The third-order valence-corrected chi connectivity index (χ3v) is 5.99. The number of carbonyl (C=O) groups is 3. The van der Waals surface area contributed by atoms with E-state index in [-0.39, 0.29) is 5.91 Å². The van der Waals surface area contributed by atoms with E-state index in [1.807, 2.05) is 0 Å². The summed E-state index contributed by atoms with van der Waals surface area (Å²) < 4.78 is 15.3. The van der Waals surface area contributed by atoms with E-state index in [9.17, 15) is 14.4 Å². The van der Waals surface area contributed by atoms with E-state index in [4.69, 9.17) is 14.2 Å². The predicted octanol–water partition coefficient (Wildman–Crippen LogP) is 1.66. The molecule has 2 heterocycles. The zero-order valence-electron chi connectivity index (χ0n) is 16.0. The second-order valence-electron chi connectivity index (χ2n) is 6.82. The summed E-state index contributed by atoms with van der Waals surface area (Å²) in [5.74, 6) is -1.20. The second-order valence-corrected chi connectivity index (χ2v) is 7.93. The largest absolute Gasteiger partial charge is 0.454 e. The van der Waals surface area contributed by atoms with Crippen molar-refractivity contribution in [3.8, 4) is 0 Å². The summed E-state index contributed by atoms with van der Waals surface area (Å²) in [5, 5.41) is 6.09. The molecule has 0 radical (unpaired) electrons. The summed E-state index contributed by atoms with van der Waals surface area (Å²) in [7, 11) is 1.57. The number of esters is 1. The lowest BCUT2D eigenvalue weighted by molar-refractivity contribution is -0.156. The van der Waals surface area contributed by atoms with Crippen LogP contribution in [0.25, 0.3) is 0 Å². The minimum Gasteiger partial charge on any atom is -0.454 e. The van der Waals surface area contributed by atoms with Crippen LogP contribution >= 0.6 is 11.3 Å². The molecule has 2 amide bonds. The van der Waals surface area contributed by atoms with Crippen molar-refractivity contribution in [3.63, 3.8) is 0 Å². The van der Waals surface area contributed by atoms with Gasteiger partial charge < -0.3 is 24.8 Å². The molecule has 2 N–H and O–H groups in total. The van der Waals surface area contributed by atoms with Crippen LogP contribution in [0.4, 0.5) is 5.00 Å². The van der Waals surface area contributed by atoms with Crippen molar-refractivity contribution in [2.24, 2.45) is 0 Å². The van der Waals surface area contributed by atoms with Crippen molar-refractivity contribution < 1.29 is 28.6 Å². The lowest BCUT2D eigenvalue weighted by atomic mass is 9.95. The monoisotopic (exact) mass is 410 g/mol. The molecule has 0 spiro atoms. The molecule has 28 heavy (non-hydrogen) atoms. The molecule has 8 nitrogen and oxygen atoms in total. The van der Waals surface area contributed by atoms with Gasteiger partial charge in [-0.1, -0.05) is 0 Å². The number of aryl methyl sites for hydroxylation is 1. The number of anilines is 1. The van der Waals surface area contributed by atoms with Crippen LogP contribution in [-0.4, -0.2) is 57.4 Å². The van der Waals surface area contributed by atoms with Gasteiger partial charge in [0.05, 0.1) is 12.2 Å². The average Bonchev–Trinajstić information content (AvgIpc) is 3.34. The van der Waals surface area contributed by atoms with Gasteiger partial charge in [-0.25, -0.2) is 4.79 Å². The zero-order chi connectivity index (χ0) is 19.9. The smallest absolute Gasteiger partial charge is 0.335 e. The Morgan fingerprint density at radius 3 is 2.79 bits per heavy atom. The highest BCUT2D eigenvalue weighted by molar-refractivity contribution is 7.17. The maximum absolute atomic E-state index is 12.7. The first-order valence-corrected chi connectivity index (χ1v) is 10.4. The van der Waals surface area contributed by atoms with Gasteiger partial charge in [0.2, 0.25) is 0 Å². The summed E-state index contributed by atoms with van der Waals surface area (Å²) in [4.78, 5) is 38.0. The van der Waals surface area contributed by atoms with Crippen molar-refractivity contribution in [1.82, 2.24) is 5.32 Å². The molecule has 1 atom stereocenters. The minimum absolute atomic E-state index is 0.219. The summed E-state index contributed by atoms with van der Waals surface area (Å²) in [6, 6.07) is 0. The molecule has 0 saturated carbocycles. The number of hydrogen-bond acceptors (Lipinski definition) is 7. The van der Waals surface area contributed by atoms with Gasteiger partial charge >= 0.3 is 5.97 Å². The Balaban J connectivity index is 1.64. The Hall–Kier alpha value is -1.97. The highest BCUT2D eigenvalue weighted by Gasteiger charge is 2.28. The van der Waals surface area contributed by atoms with Crippen LogP contribution in [0.15, 0.2) is 0 Å². The van der Waals surface area contributed by atoms with E-state index in [0.29, 0.717) is 36.7 Å².